The highest BCUT2D eigenvalue weighted by molar-refractivity contribution is 5.35. The zero-order valence-electron chi connectivity index (χ0n) is 9.01. The van der Waals surface area contributed by atoms with Crippen LogP contribution in [0.4, 0.5) is 5.69 Å². The van der Waals surface area contributed by atoms with Gasteiger partial charge < -0.3 is 5.73 Å². The maximum atomic E-state index is 10.6. The molecule has 0 spiro atoms. The number of rotatable bonds is 4. The van der Waals surface area contributed by atoms with Crippen LogP contribution in [0.3, 0.4) is 0 Å². The van der Waals surface area contributed by atoms with Crippen molar-refractivity contribution in [1.29, 1.82) is 0 Å². The fraction of sp³-hybridized carbons (Fsp3) is 0.455. The smallest absolute Gasteiger partial charge is 0.269 e. The first-order chi connectivity index (χ1) is 7.06. The van der Waals surface area contributed by atoms with Crippen molar-refractivity contribution in [2.45, 2.75) is 26.3 Å². The molecule has 4 nitrogen and oxygen atoms in total. The van der Waals surface area contributed by atoms with E-state index >= 15 is 0 Å². The van der Waals surface area contributed by atoms with Crippen molar-refractivity contribution in [2.24, 2.45) is 11.7 Å². The van der Waals surface area contributed by atoms with Gasteiger partial charge in [0.1, 0.15) is 0 Å². The topological polar surface area (TPSA) is 69.2 Å². The van der Waals surface area contributed by atoms with Crippen LogP contribution in [0.25, 0.3) is 0 Å². The molecule has 1 unspecified atom stereocenters. The Morgan fingerprint density at radius 2 is 2.20 bits per heavy atom. The number of nitro groups is 1. The number of hydrogen-bond acceptors (Lipinski definition) is 3. The van der Waals surface area contributed by atoms with E-state index in [2.05, 4.69) is 6.92 Å². The lowest BCUT2D eigenvalue weighted by Gasteiger charge is -2.18. The van der Waals surface area contributed by atoms with E-state index in [1.165, 1.54) is 6.07 Å². The van der Waals surface area contributed by atoms with Crippen LogP contribution in [0.5, 0.6) is 0 Å². The summed E-state index contributed by atoms with van der Waals surface area (Å²) < 4.78 is 0. The van der Waals surface area contributed by atoms with Crippen molar-refractivity contribution >= 4 is 5.69 Å². The number of non-ortho nitro benzene ring substituents is 1. The molecule has 0 amide bonds. The average Bonchev–Trinajstić information content (AvgIpc) is 2.27. The van der Waals surface area contributed by atoms with Crippen molar-refractivity contribution in [3.63, 3.8) is 0 Å². The number of benzene rings is 1. The molecule has 2 atom stereocenters. The van der Waals surface area contributed by atoms with Gasteiger partial charge in [0.15, 0.2) is 0 Å². The van der Waals surface area contributed by atoms with Gasteiger partial charge >= 0.3 is 0 Å². The Morgan fingerprint density at radius 1 is 1.53 bits per heavy atom. The molecule has 0 aliphatic carbocycles. The Kier molecular flexibility index (Phi) is 3.80. The van der Waals surface area contributed by atoms with E-state index in [9.17, 15) is 10.1 Å². The fourth-order valence-corrected chi connectivity index (χ4v) is 1.43. The van der Waals surface area contributed by atoms with Crippen LogP contribution in [0.2, 0.25) is 0 Å². The van der Waals surface area contributed by atoms with Gasteiger partial charge in [-0.3, -0.25) is 10.1 Å². The van der Waals surface area contributed by atoms with Crippen molar-refractivity contribution in [1.82, 2.24) is 0 Å². The van der Waals surface area contributed by atoms with Gasteiger partial charge in [-0.25, -0.2) is 0 Å². The Labute approximate surface area is 89.2 Å². The van der Waals surface area contributed by atoms with Crippen molar-refractivity contribution in [3.8, 4) is 0 Å². The van der Waals surface area contributed by atoms with E-state index in [0.717, 1.165) is 12.0 Å². The lowest BCUT2D eigenvalue weighted by Crippen LogP contribution is -2.18. The molecule has 4 heteroatoms. The second kappa shape index (κ2) is 4.89. The van der Waals surface area contributed by atoms with E-state index in [-0.39, 0.29) is 11.7 Å². The van der Waals surface area contributed by atoms with Crippen LogP contribution in [0.1, 0.15) is 31.9 Å². The van der Waals surface area contributed by atoms with Crippen LogP contribution >= 0.6 is 0 Å². The summed E-state index contributed by atoms with van der Waals surface area (Å²) in [4.78, 5) is 10.2. The van der Waals surface area contributed by atoms with Gasteiger partial charge in [0.2, 0.25) is 0 Å². The van der Waals surface area contributed by atoms with Gasteiger partial charge in [-0.1, -0.05) is 32.4 Å². The molecule has 1 aromatic rings. The number of hydrogen-bond donors (Lipinski definition) is 1. The third-order valence-electron chi connectivity index (χ3n) is 2.72. The standard InChI is InChI=1S/C11H16N2O2/c1-3-8(2)11(12)9-5-4-6-10(7-9)13(14)15/h4-8,11H,3,12H2,1-2H3/t8?,11-/m0/s1. The molecule has 1 rings (SSSR count). The molecule has 0 aliphatic heterocycles. The van der Waals surface area contributed by atoms with Crippen molar-refractivity contribution in [3.05, 3.63) is 39.9 Å². The van der Waals surface area contributed by atoms with Gasteiger partial charge in [-0.15, -0.1) is 0 Å². The maximum Gasteiger partial charge on any atom is 0.269 e. The first kappa shape index (κ1) is 11.7. The van der Waals surface area contributed by atoms with E-state index in [0.29, 0.717) is 5.92 Å². The summed E-state index contributed by atoms with van der Waals surface area (Å²) in [5, 5.41) is 10.6. The van der Waals surface area contributed by atoms with E-state index < -0.39 is 4.92 Å². The van der Waals surface area contributed by atoms with Crippen molar-refractivity contribution in [2.75, 3.05) is 0 Å². The summed E-state index contributed by atoms with van der Waals surface area (Å²) in [6.45, 7) is 4.10. The molecule has 82 valence electrons. The summed E-state index contributed by atoms with van der Waals surface area (Å²) in [6.07, 6.45) is 0.962. The summed E-state index contributed by atoms with van der Waals surface area (Å²) in [5.41, 5.74) is 6.93. The molecule has 15 heavy (non-hydrogen) atoms. The van der Waals surface area contributed by atoms with E-state index in [4.69, 9.17) is 5.73 Å². The van der Waals surface area contributed by atoms with Gasteiger partial charge in [0, 0.05) is 18.2 Å². The molecular formula is C11H16N2O2. The molecule has 0 saturated carbocycles. The number of nitrogens with two attached hydrogens (primary N) is 1. The van der Waals surface area contributed by atoms with Crippen molar-refractivity contribution < 1.29 is 4.92 Å². The maximum absolute atomic E-state index is 10.6. The highest BCUT2D eigenvalue weighted by Gasteiger charge is 2.15. The fourth-order valence-electron chi connectivity index (χ4n) is 1.43. The first-order valence-electron chi connectivity index (χ1n) is 5.06. The molecule has 0 fully saturated rings. The SMILES string of the molecule is CCC(C)[C@H](N)c1cccc([N+](=O)[O-])c1. The summed E-state index contributed by atoms with van der Waals surface area (Å²) in [6, 6.07) is 6.42. The molecule has 0 aromatic heterocycles. The van der Waals surface area contributed by atoms with Gasteiger partial charge in [-0.2, -0.15) is 0 Å². The van der Waals surface area contributed by atoms with E-state index in [1.54, 1.807) is 12.1 Å². The summed E-state index contributed by atoms with van der Waals surface area (Å²) >= 11 is 0. The predicted octanol–water partition coefficient (Wildman–Crippen LogP) is 2.64. The Balaban J connectivity index is 2.94. The zero-order valence-corrected chi connectivity index (χ0v) is 9.01. The minimum absolute atomic E-state index is 0.103. The Bertz CT molecular complexity index is 352. The van der Waals surface area contributed by atoms with Crippen LogP contribution in [0, 0.1) is 16.0 Å². The lowest BCUT2D eigenvalue weighted by atomic mass is 9.93. The lowest BCUT2D eigenvalue weighted by molar-refractivity contribution is -0.384. The first-order valence-corrected chi connectivity index (χ1v) is 5.06. The largest absolute Gasteiger partial charge is 0.324 e. The molecule has 0 bridgehead atoms. The molecule has 0 aliphatic rings. The molecular weight excluding hydrogens is 192 g/mol. The van der Waals surface area contributed by atoms with E-state index in [1.807, 2.05) is 13.0 Å². The third-order valence-corrected chi connectivity index (χ3v) is 2.72. The highest BCUT2D eigenvalue weighted by Crippen LogP contribution is 2.24. The van der Waals surface area contributed by atoms with Gasteiger partial charge in [0.25, 0.3) is 5.69 Å². The minimum atomic E-state index is -0.396. The monoisotopic (exact) mass is 208 g/mol. The molecule has 2 N–H and O–H groups in total. The normalized spacial score (nSPS) is 14.6. The Morgan fingerprint density at radius 3 is 2.73 bits per heavy atom. The third kappa shape index (κ3) is 2.76. The molecule has 1 aromatic carbocycles. The van der Waals surface area contributed by atoms with Crippen LogP contribution in [-0.4, -0.2) is 4.92 Å². The second-order valence-corrected chi connectivity index (χ2v) is 3.76. The van der Waals surface area contributed by atoms with Gasteiger partial charge in [-0.05, 0) is 11.5 Å². The minimum Gasteiger partial charge on any atom is -0.324 e. The molecule has 0 radical (unpaired) electrons. The predicted molar refractivity (Wildman–Crippen MR) is 59.5 cm³/mol. The number of nitro benzene ring substituents is 1. The zero-order chi connectivity index (χ0) is 11.4. The summed E-state index contributed by atoms with van der Waals surface area (Å²) in [5.74, 6) is 0.326. The van der Waals surface area contributed by atoms with Crippen LogP contribution in [-0.2, 0) is 0 Å². The average molecular weight is 208 g/mol. The van der Waals surface area contributed by atoms with Gasteiger partial charge in [0.05, 0.1) is 4.92 Å². The summed E-state index contributed by atoms with van der Waals surface area (Å²) in [7, 11) is 0. The quantitative estimate of drug-likeness (QED) is 0.610. The molecule has 0 saturated heterocycles. The molecule has 0 heterocycles. The van der Waals surface area contributed by atoms with Crippen LogP contribution in [0.15, 0.2) is 24.3 Å². The number of nitrogens with zero attached hydrogens (tertiary/aromatic N) is 1. The second-order valence-electron chi connectivity index (χ2n) is 3.76. The Hall–Kier alpha value is -1.42. The van der Waals surface area contributed by atoms with Crippen LogP contribution < -0.4 is 5.73 Å². The highest BCUT2D eigenvalue weighted by atomic mass is 16.6.